The van der Waals surface area contributed by atoms with Crippen molar-refractivity contribution < 1.29 is 0 Å². The molecule has 8 rings (SSSR count). The fourth-order valence-electron chi connectivity index (χ4n) is 5.83. The number of aromatic nitrogens is 4. The SMILES string of the molecule is c1cncc(-c2cc(-c3cccnc3)cc(-c3ccc(-c4ccc5ccc6cccnc6c5n4)c4ccccc34)c2)c1. The van der Waals surface area contributed by atoms with Gasteiger partial charge in [-0.1, -0.05) is 72.8 Å². The van der Waals surface area contributed by atoms with Gasteiger partial charge in [0.1, 0.15) is 0 Å². The normalized spacial score (nSPS) is 11.3. The van der Waals surface area contributed by atoms with Gasteiger partial charge in [-0.2, -0.15) is 0 Å². The molecular formula is C38H24N4. The summed E-state index contributed by atoms with van der Waals surface area (Å²) in [5.74, 6) is 0. The van der Waals surface area contributed by atoms with E-state index >= 15 is 0 Å². The Labute approximate surface area is 243 Å². The van der Waals surface area contributed by atoms with Crippen LogP contribution in [0.2, 0.25) is 0 Å². The molecule has 4 heteroatoms. The molecule has 4 aromatic carbocycles. The number of hydrogen-bond donors (Lipinski definition) is 0. The molecule has 42 heavy (non-hydrogen) atoms. The fraction of sp³-hybridized carbons (Fsp3) is 0. The molecule has 0 aliphatic rings. The molecule has 0 atom stereocenters. The van der Waals surface area contributed by atoms with Crippen LogP contribution in [0.5, 0.6) is 0 Å². The predicted octanol–water partition coefficient (Wildman–Crippen LogP) is 9.39. The number of nitrogens with zero attached hydrogens (tertiary/aromatic N) is 4. The number of rotatable bonds is 4. The summed E-state index contributed by atoms with van der Waals surface area (Å²) in [7, 11) is 0. The minimum absolute atomic E-state index is 0.920. The van der Waals surface area contributed by atoms with Crippen molar-refractivity contribution >= 4 is 32.6 Å². The molecule has 4 nitrogen and oxygen atoms in total. The van der Waals surface area contributed by atoms with Crippen LogP contribution in [0.1, 0.15) is 0 Å². The number of hydrogen-bond acceptors (Lipinski definition) is 4. The maximum absolute atomic E-state index is 5.16. The third-order valence-electron chi connectivity index (χ3n) is 7.87. The van der Waals surface area contributed by atoms with Crippen LogP contribution in [0.25, 0.3) is 77.2 Å². The molecule has 0 N–H and O–H groups in total. The van der Waals surface area contributed by atoms with Crippen LogP contribution in [-0.4, -0.2) is 19.9 Å². The van der Waals surface area contributed by atoms with Crippen molar-refractivity contribution in [3.05, 3.63) is 146 Å². The Morgan fingerprint density at radius 3 is 1.69 bits per heavy atom. The van der Waals surface area contributed by atoms with E-state index in [0.29, 0.717) is 0 Å². The van der Waals surface area contributed by atoms with E-state index < -0.39 is 0 Å². The highest BCUT2D eigenvalue weighted by molar-refractivity contribution is 6.07. The van der Waals surface area contributed by atoms with Crippen LogP contribution in [-0.2, 0) is 0 Å². The molecule has 8 aromatic rings. The van der Waals surface area contributed by atoms with Crippen molar-refractivity contribution in [1.82, 2.24) is 19.9 Å². The van der Waals surface area contributed by atoms with Crippen LogP contribution in [0, 0.1) is 0 Å². The van der Waals surface area contributed by atoms with Crippen molar-refractivity contribution in [1.29, 1.82) is 0 Å². The van der Waals surface area contributed by atoms with Crippen LogP contribution in [0.4, 0.5) is 0 Å². The maximum Gasteiger partial charge on any atom is 0.0972 e. The molecule has 0 fully saturated rings. The van der Waals surface area contributed by atoms with Crippen LogP contribution in [0.3, 0.4) is 0 Å². The summed E-state index contributed by atoms with van der Waals surface area (Å²) in [4.78, 5) is 18.6. The lowest BCUT2D eigenvalue weighted by atomic mass is 9.90. The summed E-state index contributed by atoms with van der Waals surface area (Å²) in [6.45, 7) is 0. The standard InChI is InChI=1S/C38H24N4/c1-2-10-34-33(9-1)32(14-15-35(34)36-16-13-26-12-11-25-6-5-19-41-37(25)38(26)42-36)31-21-29(27-7-3-17-39-23-27)20-30(22-31)28-8-4-18-40-24-28/h1-24H. The Kier molecular flexibility index (Phi) is 5.75. The molecular weight excluding hydrogens is 512 g/mol. The Hall–Kier alpha value is -5.74. The molecule has 0 radical (unpaired) electrons. The second-order valence-corrected chi connectivity index (χ2v) is 10.4. The van der Waals surface area contributed by atoms with Crippen LogP contribution < -0.4 is 0 Å². The highest BCUT2D eigenvalue weighted by Gasteiger charge is 2.14. The molecule has 0 aliphatic carbocycles. The van der Waals surface area contributed by atoms with E-state index in [1.807, 2.05) is 36.8 Å². The van der Waals surface area contributed by atoms with Gasteiger partial charge >= 0.3 is 0 Å². The van der Waals surface area contributed by atoms with Gasteiger partial charge in [-0.15, -0.1) is 0 Å². The second kappa shape index (κ2) is 10.0. The van der Waals surface area contributed by atoms with E-state index in [1.54, 1.807) is 12.4 Å². The predicted molar refractivity (Wildman–Crippen MR) is 172 cm³/mol. The van der Waals surface area contributed by atoms with Gasteiger partial charge in [0.15, 0.2) is 0 Å². The van der Waals surface area contributed by atoms with Crippen molar-refractivity contribution in [3.8, 4) is 44.6 Å². The van der Waals surface area contributed by atoms with E-state index in [-0.39, 0.29) is 0 Å². The Bertz CT molecular complexity index is 2190. The van der Waals surface area contributed by atoms with Gasteiger partial charge in [0, 0.05) is 58.4 Å². The average Bonchev–Trinajstić information content (AvgIpc) is 3.08. The van der Waals surface area contributed by atoms with Gasteiger partial charge < -0.3 is 0 Å². The first-order valence-corrected chi connectivity index (χ1v) is 13.9. The minimum Gasteiger partial charge on any atom is -0.264 e. The zero-order valence-electron chi connectivity index (χ0n) is 22.6. The Morgan fingerprint density at radius 1 is 0.405 bits per heavy atom. The average molecular weight is 537 g/mol. The van der Waals surface area contributed by atoms with E-state index in [0.717, 1.165) is 71.8 Å². The monoisotopic (exact) mass is 536 g/mol. The first kappa shape index (κ1) is 24.1. The smallest absolute Gasteiger partial charge is 0.0972 e. The number of benzene rings is 4. The maximum atomic E-state index is 5.16. The molecule has 0 unspecified atom stereocenters. The van der Waals surface area contributed by atoms with E-state index in [9.17, 15) is 0 Å². The molecule has 0 amide bonds. The summed E-state index contributed by atoms with van der Waals surface area (Å²) in [5, 5.41) is 4.51. The molecule has 4 aromatic heterocycles. The summed E-state index contributed by atoms with van der Waals surface area (Å²) in [5.41, 5.74) is 10.6. The molecule has 0 bridgehead atoms. The summed E-state index contributed by atoms with van der Waals surface area (Å²) in [6.07, 6.45) is 9.27. The molecule has 0 saturated heterocycles. The van der Waals surface area contributed by atoms with Crippen molar-refractivity contribution in [2.45, 2.75) is 0 Å². The largest absolute Gasteiger partial charge is 0.264 e. The molecule has 0 aliphatic heterocycles. The zero-order chi connectivity index (χ0) is 27.9. The molecule has 0 spiro atoms. The quantitative estimate of drug-likeness (QED) is 0.210. The summed E-state index contributed by atoms with van der Waals surface area (Å²) < 4.78 is 0. The van der Waals surface area contributed by atoms with Crippen molar-refractivity contribution in [3.63, 3.8) is 0 Å². The molecule has 196 valence electrons. The van der Waals surface area contributed by atoms with Gasteiger partial charge in [0.2, 0.25) is 0 Å². The van der Waals surface area contributed by atoms with E-state index in [1.165, 1.54) is 5.39 Å². The van der Waals surface area contributed by atoms with Crippen LogP contribution >= 0.6 is 0 Å². The fourth-order valence-corrected chi connectivity index (χ4v) is 5.83. The van der Waals surface area contributed by atoms with Gasteiger partial charge in [0.05, 0.1) is 16.7 Å². The lowest BCUT2D eigenvalue weighted by Crippen LogP contribution is -1.92. The van der Waals surface area contributed by atoms with Gasteiger partial charge in [-0.05, 0) is 75.5 Å². The highest BCUT2D eigenvalue weighted by atomic mass is 14.8. The number of pyridine rings is 4. The minimum atomic E-state index is 0.920. The highest BCUT2D eigenvalue weighted by Crippen LogP contribution is 2.39. The third-order valence-corrected chi connectivity index (χ3v) is 7.87. The van der Waals surface area contributed by atoms with E-state index in [4.69, 9.17) is 4.98 Å². The topological polar surface area (TPSA) is 51.6 Å². The summed E-state index contributed by atoms with van der Waals surface area (Å²) in [6, 6.07) is 40.4. The van der Waals surface area contributed by atoms with Crippen LogP contribution in [0.15, 0.2) is 146 Å². The zero-order valence-corrected chi connectivity index (χ0v) is 22.6. The third kappa shape index (κ3) is 4.18. The lowest BCUT2D eigenvalue weighted by molar-refractivity contribution is 1.32. The van der Waals surface area contributed by atoms with Crippen molar-refractivity contribution in [2.24, 2.45) is 0 Å². The van der Waals surface area contributed by atoms with E-state index in [2.05, 4.69) is 112 Å². The first-order valence-electron chi connectivity index (χ1n) is 13.9. The summed E-state index contributed by atoms with van der Waals surface area (Å²) >= 11 is 0. The Balaban J connectivity index is 1.33. The van der Waals surface area contributed by atoms with Crippen molar-refractivity contribution in [2.75, 3.05) is 0 Å². The molecule has 0 saturated carbocycles. The van der Waals surface area contributed by atoms with Gasteiger partial charge in [-0.25, -0.2) is 4.98 Å². The first-order chi connectivity index (χ1) is 20.8. The Morgan fingerprint density at radius 2 is 1.00 bits per heavy atom. The van der Waals surface area contributed by atoms with Gasteiger partial charge in [-0.3, -0.25) is 15.0 Å². The number of fused-ring (bicyclic) bond motifs is 4. The van der Waals surface area contributed by atoms with Gasteiger partial charge in [0.25, 0.3) is 0 Å². The lowest BCUT2D eigenvalue weighted by Gasteiger charge is -2.15. The second-order valence-electron chi connectivity index (χ2n) is 10.4. The molecule has 4 heterocycles.